The predicted octanol–water partition coefficient (Wildman–Crippen LogP) is 2.74. The fourth-order valence-electron chi connectivity index (χ4n) is 3.27. The molecule has 0 atom stereocenters. The quantitative estimate of drug-likeness (QED) is 0.581. The molecular formula is C14H23NO4. The molecular weight excluding hydrogens is 246 g/mol. The predicted molar refractivity (Wildman–Crippen MR) is 70.6 cm³/mol. The summed E-state index contributed by atoms with van der Waals surface area (Å²) in [5, 5.41) is 10.7. The third kappa shape index (κ3) is 4.00. The van der Waals surface area contributed by atoms with Gasteiger partial charge in [0.2, 0.25) is 6.04 Å². The summed E-state index contributed by atoms with van der Waals surface area (Å²) in [5.74, 6) is 0.523. The molecule has 0 aromatic heterocycles. The third-order valence-electron chi connectivity index (χ3n) is 4.58. The first-order valence-electron chi connectivity index (χ1n) is 7.35. The number of hydrogen-bond acceptors (Lipinski definition) is 4. The lowest BCUT2D eigenvalue weighted by Gasteiger charge is -2.32. The van der Waals surface area contributed by atoms with Crippen LogP contribution in [0.1, 0.15) is 58.3 Å². The van der Waals surface area contributed by atoms with Crippen molar-refractivity contribution in [3.63, 3.8) is 0 Å². The smallest absolute Gasteiger partial charge is 0.213 e. The lowest BCUT2D eigenvalue weighted by molar-refractivity contribution is -0.527. The molecule has 0 bridgehead atoms. The van der Waals surface area contributed by atoms with E-state index >= 15 is 0 Å². The Balaban J connectivity index is 1.69. The molecule has 5 heteroatoms. The van der Waals surface area contributed by atoms with Gasteiger partial charge in [-0.2, -0.15) is 0 Å². The first-order chi connectivity index (χ1) is 9.06. The summed E-state index contributed by atoms with van der Waals surface area (Å²) in [6.45, 7) is 1.67. The number of rotatable bonds is 4. The maximum Gasteiger partial charge on any atom is 0.213 e. The molecule has 0 radical (unpaired) electrons. The average Bonchev–Trinajstić information content (AvgIpc) is 2.40. The van der Waals surface area contributed by atoms with E-state index in [4.69, 9.17) is 4.74 Å². The molecule has 0 N–H and O–H groups in total. The van der Waals surface area contributed by atoms with Crippen molar-refractivity contribution in [1.29, 1.82) is 0 Å². The van der Waals surface area contributed by atoms with E-state index in [0.29, 0.717) is 18.6 Å². The monoisotopic (exact) mass is 269 g/mol. The molecule has 108 valence electrons. The third-order valence-corrected chi connectivity index (χ3v) is 4.58. The van der Waals surface area contributed by atoms with Crippen LogP contribution >= 0.6 is 0 Å². The van der Waals surface area contributed by atoms with Gasteiger partial charge < -0.3 is 4.74 Å². The molecule has 0 heterocycles. The molecule has 2 rings (SSSR count). The molecule has 19 heavy (non-hydrogen) atoms. The van der Waals surface area contributed by atoms with Crippen molar-refractivity contribution in [3.05, 3.63) is 10.1 Å². The lowest BCUT2D eigenvalue weighted by atomic mass is 9.84. The van der Waals surface area contributed by atoms with Gasteiger partial charge in [0.05, 0.1) is 12.2 Å². The zero-order valence-corrected chi connectivity index (χ0v) is 11.5. The minimum absolute atomic E-state index is 0.158. The molecule has 0 aromatic rings. The highest BCUT2D eigenvalue weighted by molar-refractivity contribution is 5.78. The van der Waals surface area contributed by atoms with Gasteiger partial charge in [-0.15, -0.1) is 0 Å². The summed E-state index contributed by atoms with van der Waals surface area (Å²) < 4.78 is 6.05. The second-order valence-electron chi connectivity index (χ2n) is 5.94. The van der Waals surface area contributed by atoms with Gasteiger partial charge in [0.1, 0.15) is 5.78 Å². The van der Waals surface area contributed by atoms with Crippen LogP contribution in [0.5, 0.6) is 0 Å². The van der Waals surface area contributed by atoms with E-state index in [1.165, 1.54) is 0 Å². The van der Waals surface area contributed by atoms with Crippen molar-refractivity contribution >= 4 is 5.78 Å². The number of Topliss-reactive ketones (excluding diaryl/α,β-unsaturated/α-hetero) is 1. The molecule has 0 aromatic carbocycles. The van der Waals surface area contributed by atoms with E-state index in [2.05, 4.69) is 0 Å². The van der Waals surface area contributed by atoms with Crippen LogP contribution in [0.15, 0.2) is 0 Å². The summed E-state index contributed by atoms with van der Waals surface area (Å²) >= 11 is 0. The van der Waals surface area contributed by atoms with Gasteiger partial charge in [-0.3, -0.25) is 14.9 Å². The Kier molecular flexibility index (Phi) is 4.91. The summed E-state index contributed by atoms with van der Waals surface area (Å²) in [7, 11) is 0. The standard InChI is InChI=1S/C14H23NO4/c1-10(16)11-2-6-13(7-3-11)19-14-8-4-12(5-9-14)15(17)18/h11-14H,2-9H2,1H3. The Hall–Kier alpha value is -0.970. The van der Waals surface area contributed by atoms with Crippen molar-refractivity contribution in [2.24, 2.45) is 5.92 Å². The van der Waals surface area contributed by atoms with Crippen LogP contribution < -0.4 is 0 Å². The topological polar surface area (TPSA) is 69.4 Å². The van der Waals surface area contributed by atoms with Crippen molar-refractivity contribution in [3.8, 4) is 0 Å². The Morgan fingerprint density at radius 1 is 1.00 bits per heavy atom. The van der Waals surface area contributed by atoms with Gasteiger partial charge in [0.25, 0.3) is 0 Å². The maximum atomic E-state index is 11.3. The van der Waals surface area contributed by atoms with Crippen LogP contribution in [0.3, 0.4) is 0 Å². The highest BCUT2D eigenvalue weighted by Gasteiger charge is 2.31. The first kappa shape index (κ1) is 14.4. The van der Waals surface area contributed by atoms with Crippen LogP contribution in [-0.2, 0) is 9.53 Å². The first-order valence-corrected chi connectivity index (χ1v) is 7.35. The molecule has 0 unspecified atom stereocenters. The van der Waals surface area contributed by atoms with E-state index < -0.39 is 0 Å². The number of carbonyl (C=O) groups excluding carboxylic acids is 1. The molecule has 0 saturated heterocycles. The zero-order chi connectivity index (χ0) is 13.8. The van der Waals surface area contributed by atoms with Crippen molar-refractivity contribution in [2.75, 3.05) is 0 Å². The molecule has 2 fully saturated rings. The van der Waals surface area contributed by atoms with Crippen LogP contribution in [0, 0.1) is 16.0 Å². The largest absolute Gasteiger partial charge is 0.375 e. The number of carbonyl (C=O) groups is 1. The van der Waals surface area contributed by atoms with Crippen molar-refractivity contribution in [1.82, 2.24) is 0 Å². The van der Waals surface area contributed by atoms with E-state index in [1.807, 2.05) is 0 Å². The number of nitro groups is 1. The summed E-state index contributed by atoms with van der Waals surface area (Å²) in [6.07, 6.45) is 7.12. The molecule has 0 aliphatic heterocycles. The van der Waals surface area contributed by atoms with Crippen LogP contribution in [0.2, 0.25) is 0 Å². The second kappa shape index (κ2) is 6.46. The summed E-state index contributed by atoms with van der Waals surface area (Å²) in [5.41, 5.74) is 0. The Labute approximate surface area is 113 Å². The fourth-order valence-corrected chi connectivity index (χ4v) is 3.27. The molecule has 0 amide bonds. The maximum absolute atomic E-state index is 11.3. The minimum atomic E-state index is -0.367. The van der Waals surface area contributed by atoms with E-state index in [9.17, 15) is 14.9 Å². The normalized spacial score (nSPS) is 35.8. The molecule has 0 spiro atoms. The van der Waals surface area contributed by atoms with Gasteiger partial charge in [0, 0.05) is 23.7 Å². The van der Waals surface area contributed by atoms with Gasteiger partial charge in [0.15, 0.2) is 0 Å². The summed E-state index contributed by atoms with van der Waals surface area (Å²) in [6, 6.07) is -0.367. The van der Waals surface area contributed by atoms with Gasteiger partial charge in [-0.1, -0.05) is 0 Å². The van der Waals surface area contributed by atoms with Crippen LogP contribution in [0.25, 0.3) is 0 Å². The highest BCUT2D eigenvalue weighted by atomic mass is 16.6. The molecule has 2 aliphatic rings. The van der Waals surface area contributed by atoms with Gasteiger partial charge in [-0.25, -0.2) is 0 Å². The van der Waals surface area contributed by atoms with Crippen LogP contribution in [-0.4, -0.2) is 29.0 Å². The van der Waals surface area contributed by atoms with Gasteiger partial charge in [-0.05, 0) is 45.4 Å². The van der Waals surface area contributed by atoms with Crippen molar-refractivity contribution < 1.29 is 14.5 Å². The minimum Gasteiger partial charge on any atom is -0.375 e. The Morgan fingerprint density at radius 3 is 1.89 bits per heavy atom. The summed E-state index contributed by atoms with van der Waals surface area (Å²) in [4.78, 5) is 21.8. The number of hydrogen-bond donors (Lipinski definition) is 0. The number of nitrogens with zero attached hydrogens (tertiary/aromatic N) is 1. The van der Waals surface area contributed by atoms with Crippen molar-refractivity contribution in [2.45, 2.75) is 76.5 Å². The average molecular weight is 269 g/mol. The molecule has 5 nitrogen and oxygen atoms in total. The second-order valence-corrected chi connectivity index (χ2v) is 5.94. The molecule has 2 saturated carbocycles. The fraction of sp³-hybridized carbons (Fsp3) is 0.929. The number of ketones is 1. The lowest BCUT2D eigenvalue weighted by Crippen LogP contribution is -2.34. The molecule has 2 aliphatic carbocycles. The SMILES string of the molecule is CC(=O)C1CCC(OC2CCC([N+](=O)[O-])CC2)CC1. The van der Waals surface area contributed by atoms with E-state index in [-0.39, 0.29) is 29.1 Å². The Bertz CT molecular complexity index is 296. The Morgan fingerprint density at radius 2 is 1.47 bits per heavy atom. The van der Waals surface area contributed by atoms with E-state index in [0.717, 1.165) is 38.5 Å². The highest BCUT2D eigenvalue weighted by Crippen LogP contribution is 2.30. The number of ether oxygens (including phenoxy) is 1. The van der Waals surface area contributed by atoms with E-state index in [1.54, 1.807) is 6.92 Å². The van der Waals surface area contributed by atoms with Gasteiger partial charge >= 0.3 is 0 Å². The zero-order valence-electron chi connectivity index (χ0n) is 11.5. The van der Waals surface area contributed by atoms with Crippen LogP contribution in [0.4, 0.5) is 0 Å².